The van der Waals surface area contributed by atoms with Gasteiger partial charge in [0.15, 0.2) is 0 Å². The Hall–Kier alpha value is -1.86. The molecular weight excluding hydrogens is 223 g/mol. The van der Waals surface area contributed by atoms with E-state index in [4.69, 9.17) is 0 Å². The van der Waals surface area contributed by atoms with Gasteiger partial charge in [0.2, 0.25) is 0 Å². The molecule has 2 rings (SSSR count). The lowest BCUT2D eigenvalue weighted by Crippen LogP contribution is -2.22. The highest BCUT2D eigenvalue weighted by Crippen LogP contribution is 2.16. The number of anilines is 1. The average molecular weight is 231 g/mol. The molecule has 16 heavy (non-hydrogen) atoms. The number of alkyl halides is 3. The van der Waals surface area contributed by atoms with Crippen LogP contribution in [0.3, 0.4) is 0 Å². The molecule has 0 spiro atoms. The fourth-order valence-electron chi connectivity index (χ4n) is 1.25. The predicted molar refractivity (Wildman–Crippen MR) is 50.1 cm³/mol. The largest absolute Gasteiger partial charge is 0.405 e. The van der Waals surface area contributed by atoms with Gasteiger partial charge >= 0.3 is 6.18 Å². The second-order valence-electron chi connectivity index (χ2n) is 3.22. The van der Waals surface area contributed by atoms with Crippen LogP contribution >= 0.6 is 0 Å². The first-order valence-electron chi connectivity index (χ1n) is 4.44. The lowest BCUT2D eigenvalue weighted by molar-refractivity contribution is -0.115. The summed E-state index contributed by atoms with van der Waals surface area (Å²) in [4.78, 5) is 7.81. The highest BCUT2D eigenvalue weighted by atomic mass is 19.4. The summed E-state index contributed by atoms with van der Waals surface area (Å²) in [6.07, 6.45) is -3.04. The Morgan fingerprint density at radius 2 is 2.19 bits per heavy atom. The Bertz CT molecular complexity index is 504. The number of aromatic nitrogens is 4. The summed E-state index contributed by atoms with van der Waals surface area (Å²) in [6, 6.07) is 1.48. The van der Waals surface area contributed by atoms with Crippen LogP contribution in [0.25, 0.3) is 5.78 Å². The molecule has 0 bridgehead atoms. The minimum absolute atomic E-state index is 0.220. The molecule has 2 heterocycles. The molecule has 0 aliphatic rings. The number of rotatable bonds is 2. The zero-order valence-electron chi connectivity index (χ0n) is 8.28. The summed E-state index contributed by atoms with van der Waals surface area (Å²) in [6.45, 7) is 0.554. The maximum atomic E-state index is 12.0. The molecular formula is C8H8F3N5. The van der Waals surface area contributed by atoms with Gasteiger partial charge in [0.1, 0.15) is 18.7 Å². The molecule has 0 atom stereocenters. The Labute approximate surface area is 88.3 Å². The SMILES string of the molecule is Cc1cc(NCC(F)(F)F)n2ncnc2n1. The standard InChI is InChI=1S/C8H8F3N5/c1-5-2-6(12-3-8(9,10)11)16-7(15-5)13-4-14-16/h2,4,12H,3H2,1H3. The van der Waals surface area contributed by atoms with Crippen molar-refractivity contribution in [2.24, 2.45) is 0 Å². The van der Waals surface area contributed by atoms with Gasteiger partial charge in [-0.1, -0.05) is 0 Å². The minimum Gasteiger partial charge on any atom is -0.361 e. The molecule has 0 aliphatic carbocycles. The van der Waals surface area contributed by atoms with Crippen LogP contribution in [-0.2, 0) is 0 Å². The van der Waals surface area contributed by atoms with E-state index in [-0.39, 0.29) is 11.6 Å². The first kappa shape index (κ1) is 10.7. The minimum atomic E-state index is -4.27. The van der Waals surface area contributed by atoms with Gasteiger partial charge < -0.3 is 5.32 Å². The second-order valence-corrected chi connectivity index (χ2v) is 3.22. The van der Waals surface area contributed by atoms with Crippen molar-refractivity contribution in [3.05, 3.63) is 18.1 Å². The molecule has 0 saturated heterocycles. The van der Waals surface area contributed by atoms with Crippen molar-refractivity contribution in [3.8, 4) is 0 Å². The van der Waals surface area contributed by atoms with Crippen molar-refractivity contribution in [2.75, 3.05) is 11.9 Å². The van der Waals surface area contributed by atoms with Crippen LogP contribution in [0, 0.1) is 6.92 Å². The Kier molecular flexibility index (Phi) is 2.41. The van der Waals surface area contributed by atoms with Crippen LogP contribution in [0.4, 0.5) is 19.0 Å². The molecule has 0 radical (unpaired) electrons. The molecule has 1 N–H and O–H groups in total. The van der Waals surface area contributed by atoms with Gasteiger partial charge in [-0.3, -0.25) is 0 Å². The fourth-order valence-corrected chi connectivity index (χ4v) is 1.25. The van der Waals surface area contributed by atoms with Crippen molar-refractivity contribution in [2.45, 2.75) is 13.1 Å². The molecule has 0 amide bonds. The number of nitrogens with zero attached hydrogens (tertiary/aromatic N) is 4. The molecule has 86 valence electrons. The molecule has 0 fully saturated rings. The van der Waals surface area contributed by atoms with Gasteiger partial charge in [-0.15, -0.1) is 0 Å². The van der Waals surface area contributed by atoms with Crippen molar-refractivity contribution in [1.29, 1.82) is 0 Å². The molecule has 0 unspecified atom stereocenters. The van der Waals surface area contributed by atoms with Crippen molar-refractivity contribution < 1.29 is 13.2 Å². The van der Waals surface area contributed by atoms with E-state index in [9.17, 15) is 13.2 Å². The zero-order valence-corrected chi connectivity index (χ0v) is 8.28. The molecule has 0 aromatic carbocycles. The summed E-state index contributed by atoms with van der Waals surface area (Å²) in [5.41, 5.74) is 0.574. The number of hydrogen-bond acceptors (Lipinski definition) is 4. The molecule has 2 aromatic rings. The Morgan fingerprint density at radius 1 is 1.44 bits per heavy atom. The highest BCUT2D eigenvalue weighted by molar-refractivity contribution is 5.44. The summed E-state index contributed by atoms with van der Waals surface area (Å²) in [7, 11) is 0. The predicted octanol–water partition coefficient (Wildman–Crippen LogP) is 1.41. The first-order valence-corrected chi connectivity index (χ1v) is 4.44. The van der Waals surface area contributed by atoms with Crippen LogP contribution in [-0.4, -0.2) is 32.3 Å². The lowest BCUT2D eigenvalue weighted by atomic mass is 10.4. The van der Waals surface area contributed by atoms with E-state index in [1.54, 1.807) is 6.92 Å². The molecule has 8 heteroatoms. The van der Waals surface area contributed by atoms with Crippen LogP contribution in [0.2, 0.25) is 0 Å². The number of aryl methyl sites for hydroxylation is 1. The zero-order chi connectivity index (χ0) is 11.8. The summed E-state index contributed by atoms with van der Waals surface area (Å²) in [5.74, 6) is 0.488. The topological polar surface area (TPSA) is 55.1 Å². The van der Waals surface area contributed by atoms with Crippen LogP contribution in [0.5, 0.6) is 0 Å². The van der Waals surface area contributed by atoms with E-state index < -0.39 is 12.7 Å². The molecule has 5 nitrogen and oxygen atoms in total. The normalized spacial score (nSPS) is 12.0. The molecule has 2 aromatic heterocycles. The van der Waals surface area contributed by atoms with Gasteiger partial charge in [-0.2, -0.15) is 27.8 Å². The Balaban J connectivity index is 2.32. The van der Waals surface area contributed by atoms with E-state index in [1.165, 1.54) is 16.9 Å². The average Bonchev–Trinajstić information content (AvgIpc) is 2.60. The number of nitrogens with one attached hydrogen (secondary N) is 1. The van der Waals surface area contributed by atoms with Crippen molar-refractivity contribution in [1.82, 2.24) is 19.6 Å². The number of halogens is 3. The fraction of sp³-hybridized carbons (Fsp3) is 0.375. The third-order valence-corrected chi connectivity index (χ3v) is 1.85. The maximum Gasteiger partial charge on any atom is 0.405 e. The number of fused-ring (bicyclic) bond motifs is 1. The van der Waals surface area contributed by atoms with Crippen molar-refractivity contribution in [3.63, 3.8) is 0 Å². The van der Waals surface area contributed by atoms with E-state index in [1.807, 2.05) is 0 Å². The van der Waals surface area contributed by atoms with Gasteiger partial charge in [0.05, 0.1) is 0 Å². The van der Waals surface area contributed by atoms with Gasteiger partial charge in [-0.25, -0.2) is 4.98 Å². The first-order chi connectivity index (χ1) is 7.46. The third kappa shape index (κ3) is 2.20. The second kappa shape index (κ2) is 3.62. The lowest BCUT2D eigenvalue weighted by Gasteiger charge is -2.10. The summed E-state index contributed by atoms with van der Waals surface area (Å²) in [5, 5.41) is 6.02. The highest BCUT2D eigenvalue weighted by Gasteiger charge is 2.27. The quantitative estimate of drug-likeness (QED) is 0.848. The van der Waals surface area contributed by atoms with Crippen LogP contribution < -0.4 is 5.32 Å². The van der Waals surface area contributed by atoms with Crippen molar-refractivity contribution >= 4 is 11.6 Å². The monoisotopic (exact) mass is 231 g/mol. The maximum absolute atomic E-state index is 12.0. The van der Waals surface area contributed by atoms with E-state index in [0.29, 0.717) is 5.69 Å². The molecule has 0 aliphatic heterocycles. The third-order valence-electron chi connectivity index (χ3n) is 1.85. The van der Waals surface area contributed by atoms with Crippen LogP contribution in [0.15, 0.2) is 12.4 Å². The van der Waals surface area contributed by atoms with E-state index in [0.717, 1.165) is 0 Å². The van der Waals surface area contributed by atoms with Crippen LogP contribution in [0.1, 0.15) is 5.69 Å². The van der Waals surface area contributed by atoms with Gasteiger partial charge in [0, 0.05) is 11.8 Å². The van der Waals surface area contributed by atoms with E-state index >= 15 is 0 Å². The smallest absolute Gasteiger partial charge is 0.361 e. The van der Waals surface area contributed by atoms with Gasteiger partial charge in [-0.05, 0) is 6.92 Å². The van der Waals surface area contributed by atoms with E-state index in [2.05, 4.69) is 20.4 Å². The molecule has 0 saturated carbocycles. The number of hydrogen-bond donors (Lipinski definition) is 1. The van der Waals surface area contributed by atoms with Gasteiger partial charge in [0.25, 0.3) is 5.78 Å². The summed E-state index contributed by atoms with van der Waals surface area (Å²) < 4.78 is 37.4. The Morgan fingerprint density at radius 3 is 2.88 bits per heavy atom. The summed E-state index contributed by atoms with van der Waals surface area (Å²) >= 11 is 0.